The van der Waals surface area contributed by atoms with Crippen molar-refractivity contribution in [2.45, 2.75) is 6.42 Å². The average Bonchev–Trinajstić information content (AvgIpc) is 2.70. The number of hydrogen-bond acceptors (Lipinski definition) is 4. The van der Waals surface area contributed by atoms with Crippen molar-refractivity contribution in [3.05, 3.63) is 95.7 Å². The number of nitrogens with one attached hydrogen (secondary N) is 1. The number of nitrogens with zero attached hydrogens (tertiary/aromatic N) is 3. The Labute approximate surface area is 156 Å². The second-order valence-electron chi connectivity index (χ2n) is 6.17. The van der Waals surface area contributed by atoms with Gasteiger partial charge in [-0.25, -0.2) is 4.98 Å². The van der Waals surface area contributed by atoms with Crippen molar-refractivity contribution in [1.82, 2.24) is 9.97 Å². The molecule has 0 radical (unpaired) electrons. The van der Waals surface area contributed by atoms with Gasteiger partial charge in [-0.15, -0.1) is 0 Å². The van der Waals surface area contributed by atoms with Crippen molar-refractivity contribution in [3.63, 3.8) is 0 Å². The molecule has 0 aliphatic carbocycles. The maximum atomic E-state index is 13.6. The molecule has 4 rings (SSSR count). The molecule has 4 nitrogen and oxygen atoms in total. The molecule has 0 spiro atoms. The third kappa shape index (κ3) is 3.60. The molecule has 0 unspecified atom stereocenters. The SMILES string of the molecule is N#Cc1cnc2cnc(F)cc2c1Nc1ccc(Cc2ccccc2)cc1. The van der Waals surface area contributed by atoms with Crippen LogP contribution in [0.5, 0.6) is 0 Å². The van der Waals surface area contributed by atoms with E-state index in [0.29, 0.717) is 22.2 Å². The van der Waals surface area contributed by atoms with Gasteiger partial charge < -0.3 is 5.32 Å². The third-order valence-corrected chi connectivity index (χ3v) is 4.32. The van der Waals surface area contributed by atoms with Crippen LogP contribution >= 0.6 is 0 Å². The van der Waals surface area contributed by atoms with Crippen molar-refractivity contribution in [2.24, 2.45) is 0 Å². The topological polar surface area (TPSA) is 61.6 Å². The first kappa shape index (κ1) is 16.7. The second kappa shape index (κ2) is 7.22. The molecule has 0 saturated carbocycles. The molecule has 0 amide bonds. The Bertz CT molecular complexity index is 1130. The summed E-state index contributed by atoms with van der Waals surface area (Å²) in [7, 11) is 0. The van der Waals surface area contributed by atoms with E-state index < -0.39 is 5.95 Å². The summed E-state index contributed by atoms with van der Waals surface area (Å²) in [5, 5.41) is 13.1. The van der Waals surface area contributed by atoms with Crippen LogP contribution < -0.4 is 5.32 Å². The lowest BCUT2D eigenvalue weighted by Gasteiger charge is -2.12. The van der Waals surface area contributed by atoms with Gasteiger partial charge in [0.25, 0.3) is 0 Å². The van der Waals surface area contributed by atoms with Gasteiger partial charge in [-0.2, -0.15) is 9.65 Å². The normalized spacial score (nSPS) is 10.5. The van der Waals surface area contributed by atoms with Crippen molar-refractivity contribution in [2.75, 3.05) is 5.32 Å². The number of halogens is 1. The number of anilines is 2. The minimum atomic E-state index is -0.611. The lowest BCUT2D eigenvalue weighted by Crippen LogP contribution is -1.98. The molecule has 0 atom stereocenters. The van der Waals surface area contributed by atoms with Gasteiger partial charge >= 0.3 is 0 Å². The third-order valence-electron chi connectivity index (χ3n) is 4.32. The Morgan fingerprint density at radius 3 is 2.41 bits per heavy atom. The number of rotatable bonds is 4. The van der Waals surface area contributed by atoms with Crippen molar-refractivity contribution in [1.29, 1.82) is 5.26 Å². The van der Waals surface area contributed by atoms with Crippen molar-refractivity contribution in [3.8, 4) is 6.07 Å². The van der Waals surface area contributed by atoms with Gasteiger partial charge in [0.1, 0.15) is 6.07 Å². The fourth-order valence-corrected chi connectivity index (χ4v) is 2.97. The summed E-state index contributed by atoms with van der Waals surface area (Å²) in [6.07, 6.45) is 3.67. The highest BCUT2D eigenvalue weighted by molar-refractivity contribution is 5.95. The fourth-order valence-electron chi connectivity index (χ4n) is 2.97. The summed E-state index contributed by atoms with van der Waals surface area (Å²) in [4.78, 5) is 7.79. The molecular weight excluding hydrogens is 339 g/mol. The summed E-state index contributed by atoms with van der Waals surface area (Å²) >= 11 is 0. The maximum absolute atomic E-state index is 13.6. The molecule has 4 aromatic rings. The zero-order valence-corrected chi connectivity index (χ0v) is 14.4. The first-order valence-corrected chi connectivity index (χ1v) is 8.47. The van der Waals surface area contributed by atoms with E-state index in [0.717, 1.165) is 12.1 Å². The van der Waals surface area contributed by atoms with Crippen LogP contribution in [0, 0.1) is 17.3 Å². The monoisotopic (exact) mass is 354 g/mol. The van der Waals surface area contributed by atoms with Crippen molar-refractivity contribution < 1.29 is 4.39 Å². The Hall–Kier alpha value is -3.78. The van der Waals surface area contributed by atoms with E-state index in [9.17, 15) is 9.65 Å². The van der Waals surface area contributed by atoms with Crippen LogP contribution in [0.1, 0.15) is 16.7 Å². The molecule has 5 heteroatoms. The van der Waals surface area contributed by atoms with Crippen LogP contribution in [-0.4, -0.2) is 9.97 Å². The van der Waals surface area contributed by atoms with Crippen LogP contribution in [-0.2, 0) is 6.42 Å². The number of fused-ring (bicyclic) bond motifs is 1. The van der Waals surface area contributed by atoms with Crippen LogP contribution in [0.2, 0.25) is 0 Å². The molecule has 2 aromatic carbocycles. The smallest absolute Gasteiger partial charge is 0.213 e. The lowest BCUT2D eigenvalue weighted by atomic mass is 10.0. The van der Waals surface area contributed by atoms with Gasteiger partial charge in [0.05, 0.1) is 23.0 Å². The number of hydrogen-bond donors (Lipinski definition) is 1. The summed E-state index contributed by atoms with van der Waals surface area (Å²) in [5.41, 5.74) is 4.64. The average molecular weight is 354 g/mol. The largest absolute Gasteiger partial charge is 0.354 e. The molecule has 0 bridgehead atoms. The summed E-state index contributed by atoms with van der Waals surface area (Å²) in [6, 6.07) is 21.6. The number of nitriles is 1. The molecule has 0 aliphatic rings. The Kier molecular flexibility index (Phi) is 4.46. The highest BCUT2D eigenvalue weighted by Gasteiger charge is 2.11. The van der Waals surface area contributed by atoms with E-state index in [4.69, 9.17) is 0 Å². The van der Waals surface area contributed by atoms with Crippen molar-refractivity contribution >= 4 is 22.3 Å². The molecule has 27 heavy (non-hydrogen) atoms. The number of aromatic nitrogens is 2. The van der Waals surface area contributed by atoms with E-state index in [2.05, 4.69) is 33.5 Å². The highest BCUT2D eigenvalue weighted by atomic mass is 19.1. The molecule has 130 valence electrons. The van der Waals surface area contributed by atoms with Crippen LogP contribution in [0.4, 0.5) is 15.8 Å². The Balaban J connectivity index is 1.64. The zero-order chi connectivity index (χ0) is 18.6. The minimum absolute atomic E-state index is 0.349. The van der Waals surface area contributed by atoms with Gasteiger partial charge in [-0.1, -0.05) is 42.5 Å². The maximum Gasteiger partial charge on any atom is 0.213 e. The van der Waals surface area contributed by atoms with Crippen LogP contribution in [0.25, 0.3) is 10.9 Å². The number of pyridine rings is 2. The van der Waals surface area contributed by atoms with E-state index in [1.54, 1.807) is 0 Å². The zero-order valence-electron chi connectivity index (χ0n) is 14.4. The molecule has 0 fully saturated rings. The second-order valence-corrected chi connectivity index (χ2v) is 6.17. The summed E-state index contributed by atoms with van der Waals surface area (Å²) in [5.74, 6) is -0.611. The summed E-state index contributed by atoms with van der Waals surface area (Å²) in [6.45, 7) is 0. The van der Waals surface area contributed by atoms with E-state index in [1.807, 2.05) is 42.5 Å². The van der Waals surface area contributed by atoms with Gasteiger partial charge in [0.2, 0.25) is 5.95 Å². The van der Waals surface area contributed by atoms with E-state index in [1.165, 1.54) is 29.6 Å². The van der Waals surface area contributed by atoms with Crippen LogP contribution in [0.15, 0.2) is 73.1 Å². The van der Waals surface area contributed by atoms with Gasteiger partial charge in [-0.3, -0.25) is 4.98 Å². The molecular formula is C22H15FN4. The quantitative estimate of drug-likeness (QED) is 0.525. The fraction of sp³-hybridized carbons (Fsp3) is 0.0455. The van der Waals surface area contributed by atoms with Gasteiger partial charge in [0.15, 0.2) is 0 Å². The molecule has 0 aliphatic heterocycles. The first-order valence-electron chi connectivity index (χ1n) is 8.47. The number of benzene rings is 2. The first-order chi connectivity index (χ1) is 13.2. The van der Waals surface area contributed by atoms with E-state index >= 15 is 0 Å². The molecule has 2 aromatic heterocycles. The minimum Gasteiger partial charge on any atom is -0.354 e. The Morgan fingerprint density at radius 1 is 0.926 bits per heavy atom. The lowest BCUT2D eigenvalue weighted by molar-refractivity contribution is 0.586. The highest BCUT2D eigenvalue weighted by Crippen LogP contribution is 2.29. The molecule has 1 N–H and O–H groups in total. The standard InChI is InChI=1S/C22H15FN4/c23-21-11-19-20(14-26-21)25-13-17(12-24)22(19)27-18-8-6-16(7-9-18)10-15-4-2-1-3-5-15/h1-9,11,13-14H,10H2,(H,25,27). The van der Waals surface area contributed by atoms with E-state index in [-0.39, 0.29) is 0 Å². The Morgan fingerprint density at radius 2 is 1.67 bits per heavy atom. The van der Waals surface area contributed by atoms with Crippen LogP contribution in [0.3, 0.4) is 0 Å². The van der Waals surface area contributed by atoms with Gasteiger partial charge in [-0.05, 0) is 29.7 Å². The molecule has 2 heterocycles. The molecule has 0 saturated heterocycles. The predicted octanol–water partition coefficient (Wildman–Crippen LogP) is 4.97. The summed E-state index contributed by atoms with van der Waals surface area (Å²) < 4.78 is 13.6. The predicted molar refractivity (Wildman–Crippen MR) is 103 cm³/mol. The van der Waals surface area contributed by atoms with Gasteiger partial charge in [0, 0.05) is 23.3 Å².